The molecule has 1 saturated heterocycles. The van der Waals surface area contributed by atoms with Crippen LogP contribution >= 0.6 is 11.6 Å². The lowest BCUT2D eigenvalue weighted by Gasteiger charge is -2.34. The third-order valence-corrected chi connectivity index (χ3v) is 2.63. The van der Waals surface area contributed by atoms with Gasteiger partial charge in [-0.1, -0.05) is 0 Å². The van der Waals surface area contributed by atoms with Gasteiger partial charge in [-0.05, 0) is 18.5 Å². The molecule has 1 aromatic rings. The molecule has 16 heavy (non-hydrogen) atoms. The number of ether oxygens (including phenoxy) is 1. The zero-order chi connectivity index (χ0) is 11.5. The van der Waals surface area contributed by atoms with Crippen LogP contribution in [0.25, 0.3) is 0 Å². The van der Waals surface area contributed by atoms with E-state index in [1.165, 1.54) is 0 Å². The Bertz CT molecular complexity index is 431. The average molecular weight is 239 g/mol. The molecule has 1 fully saturated rings. The number of halogens is 1. The number of hydrogen-bond donors (Lipinski definition) is 0. The van der Waals surface area contributed by atoms with E-state index in [-0.39, 0.29) is 17.0 Å². The van der Waals surface area contributed by atoms with Crippen LogP contribution in [0.1, 0.15) is 12.6 Å². The van der Waals surface area contributed by atoms with Crippen LogP contribution in [0, 0.1) is 11.3 Å². The number of anilines is 1. The van der Waals surface area contributed by atoms with Crippen LogP contribution in [0.4, 0.5) is 5.82 Å². The van der Waals surface area contributed by atoms with Crippen LogP contribution in [0.15, 0.2) is 6.07 Å². The van der Waals surface area contributed by atoms with Crippen molar-refractivity contribution in [1.82, 2.24) is 9.97 Å². The van der Waals surface area contributed by atoms with Gasteiger partial charge >= 0.3 is 0 Å². The highest BCUT2D eigenvalue weighted by Gasteiger charge is 2.21. The standard InChI is InChI=1S/C10H11ClN4O/c1-7-6-16-3-2-15(7)9-4-8(5-12)13-10(11)14-9/h4,7H,2-3,6H2,1H3/t7-/m1/s1. The van der Waals surface area contributed by atoms with Gasteiger partial charge in [-0.3, -0.25) is 0 Å². The minimum atomic E-state index is 0.104. The summed E-state index contributed by atoms with van der Waals surface area (Å²) in [6.45, 7) is 4.11. The van der Waals surface area contributed by atoms with E-state index in [1.807, 2.05) is 13.0 Å². The monoisotopic (exact) mass is 238 g/mol. The zero-order valence-corrected chi connectivity index (χ0v) is 9.61. The fourth-order valence-electron chi connectivity index (χ4n) is 1.68. The number of nitrogens with zero attached hydrogens (tertiary/aromatic N) is 4. The van der Waals surface area contributed by atoms with E-state index in [2.05, 4.69) is 14.9 Å². The molecular weight excluding hydrogens is 228 g/mol. The average Bonchev–Trinajstić information content (AvgIpc) is 2.28. The van der Waals surface area contributed by atoms with E-state index in [0.717, 1.165) is 6.54 Å². The number of rotatable bonds is 1. The highest BCUT2D eigenvalue weighted by Crippen LogP contribution is 2.19. The second-order valence-electron chi connectivity index (χ2n) is 3.61. The Morgan fingerprint density at radius 3 is 3.12 bits per heavy atom. The predicted molar refractivity (Wildman–Crippen MR) is 59.4 cm³/mol. The Kier molecular flexibility index (Phi) is 3.22. The molecule has 6 heteroatoms. The summed E-state index contributed by atoms with van der Waals surface area (Å²) in [6, 6.07) is 3.84. The van der Waals surface area contributed by atoms with Crippen molar-refractivity contribution in [2.75, 3.05) is 24.7 Å². The van der Waals surface area contributed by atoms with Gasteiger partial charge in [-0.2, -0.15) is 5.26 Å². The summed E-state index contributed by atoms with van der Waals surface area (Å²) in [7, 11) is 0. The van der Waals surface area contributed by atoms with Gasteiger partial charge in [0.05, 0.1) is 19.3 Å². The Balaban J connectivity index is 2.32. The summed E-state index contributed by atoms with van der Waals surface area (Å²) in [5, 5.41) is 8.91. The molecule has 2 heterocycles. The third kappa shape index (κ3) is 2.23. The van der Waals surface area contributed by atoms with Crippen LogP contribution in [0.5, 0.6) is 0 Å². The molecule has 1 aliphatic rings. The van der Waals surface area contributed by atoms with E-state index in [0.29, 0.717) is 19.0 Å². The normalized spacial score (nSPS) is 20.6. The van der Waals surface area contributed by atoms with Crippen molar-refractivity contribution in [3.8, 4) is 6.07 Å². The first kappa shape index (κ1) is 11.1. The summed E-state index contributed by atoms with van der Waals surface area (Å²) >= 11 is 5.76. The maximum atomic E-state index is 8.81. The van der Waals surface area contributed by atoms with E-state index in [9.17, 15) is 0 Å². The molecule has 0 amide bonds. The van der Waals surface area contributed by atoms with E-state index < -0.39 is 0 Å². The topological polar surface area (TPSA) is 62.0 Å². The SMILES string of the molecule is C[C@@H]1COCCN1c1cc(C#N)nc(Cl)n1. The molecule has 84 valence electrons. The molecule has 0 radical (unpaired) electrons. The van der Waals surface area contributed by atoms with Gasteiger partial charge in [-0.15, -0.1) is 0 Å². The van der Waals surface area contributed by atoms with Gasteiger partial charge in [0.2, 0.25) is 5.28 Å². The molecule has 1 atom stereocenters. The molecule has 0 saturated carbocycles. The van der Waals surface area contributed by atoms with Crippen molar-refractivity contribution < 1.29 is 4.74 Å². The first-order chi connectivity index (χ1) is 7.70. The summed E-state index contributed by atoms with van der Waals surface area (Å²) in [5.74, 6) is 0.687. The van der Waals surface area contributed by atoms with Crippen molar-refractivity contribution in [2.24, 2.45) is 0 Å². The van der Waals surface area contributed by atoms with Crippen molar-refractivity contribution in [3.63, 3.8) is 0 Å². The Hall–Kier alpha value is -1.38. The van der Waals surface area contributed by atoms with E-state index in [1.54, 1.807) is 6.07 Å². The van der Waals surface area contributed by atoms with E-state index in [4.69, 9.17) is 21.6 Å². The molecule has 5 nitrogen and oxygen atoms in total. The molecule has 1 aromatic heterocycles. The van der Waals surface area contributed by atoms with Crippen molar-refractivity contribution in [1.29, 1.82) is 5.26 Å². The lowest BCUT2D eigenvalue weighted by atomic mass is 10.2. The van der Waals surface area contributed by atoms with Gasteiger partial charge < -0.3 is 9.64 Å². The summed E-state index contributed by atoms with van der Waals surface area (Å²) in [4.78, 5) is 10.0. The minimum Gasteiger partial charge on any atom is -0.377 e. The molecule has 0 spiro atoms. The predicted octanol–water partition coefficient (Wildman–Crippen LogP) is 1.23. The largest absolute Gasteiger partial charge is 0.377 e. The highest BCUT2D eigenvalue weighted by atomic mass is 35.5. The first-order valence-corrected chi connectivity index (χ1v) is 5.37. The fourth-order valence-corrected chi connectivity index (χ4v) is 1.86. The maximum Gasteiger partial charge on any atom is 0.225 e. The molecule has 0 bridgehead atoms. The Morgan fingerprint density at radius 1 is 1.62 bits per heavy atom. The molecule has 0 unspecified atom stereocenters. The smallest absolute Gasteiger partial charge is 0.225 e. The first-order valence-electron chi connectivity index (χ1n) is 5.00. The summed E-state index contributed by atoms with van der Waals surface area (Å²) < 4.78 is 5.34. The van der Waals surface area contributed by atoms with Crippen LogP contribution in [0.3, 0.4) is 0 Å². The molecule has 0 aliphatic carbocycles. The Labute approximate surface area is 98.6 Å². The lowest BCUT2D eigenvalue weighted by Crippen LogP contribution is -2.44. The van der Waals surface area contributed by atoms with Crippen LogP contribution in [-0.4, -0.2) is 35.8 Å². The number of hydrogen-bond acceptors (Lipinski definition) is 5. The zero-order valence-electron chi connectivity index (χ0n) is 8.85. The fraction of sp³-hybridized carbons (Fsp3) is 0.500. The number of nitriles is 1. The van der Waals surface area contributed by atoms with Gasteiger partial charge in [0.25, 0.3) is 0 Å². The third-order valence-electron chi connectivity index (χ3n) is 2.46. The second-order valence-corrected chi connectivity index (χ2v) is 3.95. The Morgan fingerprint density at radius 2 is 2.44 bits per heavy atom. The van der Waals surface area contributed by atoms with Crippen LogP contribution in [0.2, 0.25) is 5.28 Å². The number of morpholine rings is 1. The summed E-state index contributed by atoms with van der Waals surface area (Å²) in [6.07, 6.45) is 0. The van der Waals surface area contributed by atoms with Crippen molar-refractivity contribution in [2.45, 2.75) is 13.0 Å². The van der Waals surface area contributed by atoms with Crippen LogP contribution in [-0.2, 0) is 4.74 Å². The summed E-state index contributed by atoms with van der Waals surface area (Å²) in [5.41, 5.74) is 0.286. The van der Waals surface area contributed by atoms with Crippen molar-refractivity contribution in [3.05, 3.63) is 17.0 Å². The van der Waals surface area contributed by atoms with Gasteiger partial charge in [0.15, 0.2) is 0 Å². The quantitative estimate of drug-likeness (QED) is 0.689. The number of aromatic nitrogens is 2. The minimum absolute atomic E-state index is 0.104. The van der Waals surface area contributed by atoms with E-state index >= 15 is 0 Å². The molecular formula is C10H11ClN4O. The van der Waals surface area contributed by atoms with Crippen molar-refractivity contribution >= 4 is 17.4 Å². The molecule has 2 rings (SSSR count). The maximum absolute atomic E-state index is 8.81. The van der Waals surface area contributed by atoms with Gasteiger partial charge in [0, 0.05) is 12.6 Å². The second kappa shape index (κ2) is 4.64. The molecule has 1 aliphatic heterocycles. The van der Waals surface area contributed by atoms with Gasteiger partial charge in [-0.25, -0.2) is 9.97 Å². The molecule has 0 aromatic carbocycles. The van der Waals surface area contributed by atoms with Gasteiger partial charge in [0.1, 0.15) is 17.6 Å². The highest BCUT2D eigenvalue weighted by molar-refractivity contribution is 6.28. The molecule has 0 N–H and O–H groups in total. The van der Waals surface area contributed by atoms with Crippen LogP contribution < -0.4 is 4.90 Å². The lowest BCUT2D eigenvalue weighted by molar-refractivity contribution is 0.0985.